The Kier molecular flexibility index (Phi) is 2.74. The Morgan fingerprint density at radius 2 is 2.38 bits per heavy atom. The summed E-state index contributed by atoms with van der Waals surface area (Å²) in [6.45, 7) is 1.83. The average Bonchev–Trinajstić information content (AvgIpc) is 2.65. The van der Waals surface area contributed by atoms with Gasteiger partial charge in [-0.25, -0.2) is 4.98 Å². The number of aryl methyl sites for hydroxylation is 1. The summed E-state index contributed by atoms with van der Waals surface area (Å²) in [6.07, 6.45) is 1.39. The maximum Gasteiger partial charge on any atom is 0.310 e. The van der Waals surface area contributed by atoms with Gasteiger partial charge in [-0.3, -0.25) is 14.0 Å². The van der Waals surface area contributed by atoms with Crippen LogP contribution in [-0.4, -0.2) is 22.5 Å². The van der Waals surface area contributed by atoms with Gasteiger partial charge in [0.15, 0.2) is 4.96 Å². The smallest absolute Gasteiger partial charge is 0.310 e. The molecule has 5 nitrogen and oxygen atoms in total. The van der Waals surface area contributed by atoms with Crippen LogP contribution in [-0.2, 0) is 16.0 Å². The van der Waals surface area contributed by atoms with Crippen LogP contribution < -0.4 is 5.56 Å². The molecule has 84 valence electrons. The summed E-state index contributed by atoms with van der Waals surface area (Å²) >= 11 is 1.40. The van der Waals surface area contributed by atoms with E-state index in [1.54, 1.807) is 0 Å². The summed E-state index contributed by atoms with van der Waals surface area (Å²) < 4.78 is 6.02. The number of hydrogen-bond acceptors (Lipinski definition) is 5. The Morgan fingerprint density at radius 3 is 3.06 bits per heavy atom. The van der Waals surface area contributed by atoms with E-state index in [1.807, 2.05) is 12.3 Å². The summed E-state index contributed by atoms with van der Waals surface area (Å²) in [6, 6.07) is 0. The fourth-order valence-corrected chi connectivity index (χ4v) is 2.24. The molecular weight excluding hydrogens is 228 g/mol. The first-order valence-electron chi connectivity index (χ1n) is 4.65. The van der Waals surface area contributed by atoms with Gasteiger partial charge in [-0.2, -0.15) is 0 Å². The number of aromatic nitrogens is 2. The predicted molar refractivity (Wildman–Crippen MR) is 59.8 cm³/mol. The monoisotopic (exact) mass is 238 g/mol. The summed E-state index contributed by atoms with van der Waals surface area (Å²) in [5.74, 6) is -0.438. The number of thiazole rings is 1. The Bertz CT molecular complexity index is 600. The quantitative estimate of drug-likeness (QED) is 0.725. The summed E-state index contributed by atoms with van der Waals surface area (Å²) in [7, 11) is 1.29. The molecule has 0 N–H and O–H groups in total. The average molecular weight is 238 g/mol. The van der Waals surface area contributed by atoms with Crippen LogP contribution >= 0.6 is 11.3 Å². The van der Waals surface area contributed by atoms with E-state index in [9.17, 15) is 9.59 Å². The van der Waals surface area contributed by atoms with Crippen LogP contribution in [0.15, 0.2) is 16.4 Å². The van der Waals surface area contributed by atoms with E-state index in [2.05, 4.69) is 9.72 Å². The molecule has 2 aromatic heterocycles. The van der Waals surface area contributed by atoms with Crippen LogP contribution in [0.1, 0.15) is 11.3 Å². The van der Waals surface area contributed by atoms with Crippen molar-refractivity contribution in [2.24, 2.45) is 0 Å². The molecular formula is C10H10N2O3S. The molecule has 2 rings (SSSR count). The third kappa shape index (κ3) is 1.71. The van der Waals surface area contributed by atoms with Crippen molar-refractivity contribution in [2.45, 2.75) is 13.3 Å². The Hall–Kier alpha value is -1.69. The molecule has 0 bridgehead atoms. The zero-order valence-corrected chi connectivity index (χ0v) is 9.71. The molecule has 0 radical (unpaired) electrons. The zero-order chi connectivity index (χ0) is 11.7. The van der Waals surface area contributed by atoms with Crippen LogP contribution in [0.25, 0.3) is 4.96 Å². The lowest BCUT2D eigenvalue weighted by molar-refractivity contribution is -0.139. The lowest BCUT2D eigenvalue weighted by atomic mass is 10.2. The molecule has 16 heavy (non-hydrogen) atoms. The van der Waals surface area contributed by atoms with Gasteiger partial charge in [0.05, 0.1) is 13.5 Å². The van der Waals surface area contributed by atoms with E-state index in [4.69, 9.17) is 0 Å². The van der Waals surface area contributed by atoms with Gasteiger partial charge in [0.2, 0.25) is 0 Å². The molecule has 0 unspecified atom stereocenters. The van der Waals surface area contributed by atoms with Crippen molar-refractivity contribution in [1.29, 1.82) is 0 Å². The van der Waals surface area contributed by atoms with E-state index in [-0.39, 0.29) is 12.0 Å². The molecule has 0 fully saturated rings. The van der Waals surface area contributed by atoms with Crippen molar-refractivity contribution in [3.05, 3.63) is 33.2 Å². The summed E-state index contributed by atoms with van der Waals surface area (Å²) in [4.78, 5) is 27.8. The van der Waals surface area contributed by atoms with Crippen LogP contribution in [0, 0.1) is 6.92 Å². The lowest BCUT2D eigenvalue weighted by Gasteiger charge is -2.00. The molecule has 2 aromatic rings. The second-order valence-corrected chi connectivity index (χ2v) is 4.17. The van der Waals surface area contributed by atoms with Crippen molar-refractivity contribution in [1.82, 2.24) is 9.38 Å². The minimum atomic E-state index is -0.438. The number of ether oxygens (including phenoxy) is 1. The molecule has 2 heterocycles. The van der Waals surface area contributed by atoms with Crippen molar-refractivity contribution < 1.29 is 9.53 Å². The van der Waals surface area contributed by atoms with E-state index in [1.165, 1.54) is 29.0 Å². The molecule has 0 spiro atoms. The highest BCUT2D eigenvalue weighted by Crippen LogP contribution is 2.11. The van der Waals surface area contributed by atoms with Gasteiger partial charge in [-0.05, 0) is 6.92 Å². The van der Waals surface area contributed by atoms with Gasteiger partial charge in [0.25, 0.3) is 5.56 Å². The molecule has 0 atom stereocenters. The number of methoxy groups -OCH3 is 1. The lowest BCUT2D eigenvalue weighted by Crippen LogP contribution is -2.22. The van der Waals surface area contributed by atoms with Gasteiger partial charge in [-0.1, -0.05) is 0 Å². The Morgan fingerprint density at radius 1 is 1.62 bits per heavy atom. The first-order valence-corrected chi connectivity index (χ1v) is 5.53. The first kappa shape index (κ1) is 10.8. The van der Waals surface area contributed by atoms with Gasteiger partial charge in [-0.15, -0.1) is 11.3 Å². The van der Waals surface area contributed by atoms with Crippen molar-refractivity contribution in [3.8, 4) is 0 Å². The molecule has 0 aliphatic heterocycles. The number of carbonyl (C=O) groups is 1. The highest BCUT2D eigenvalue weighted by Gasteiger charge is 2.11. The van der Waals surface area contributed by atoms with Crippen LogP contribution in [0.5, 0.6) is 0 Å². The molecule has 0 amide bonds. The van der Waals surface area contributed by atoms with E-state index in [0.29, 0.717) is 10.5 Å². The van der Waals surface area contributed by atoms with Crippen LogP contribution in [0.3, 0.4) is 0 Å². The van der Waals surface area contributed by atoms with Crippen LogP contribution in [0.2, 0.25) is 0 Å². The molecule has 0 aliphatic carbocycles. The number of rotatable bonds is 2. The maximum absolute atomic E-state index is 12.0. The molecule has 6 heteroatoms. The van der Waals surface area contributed by atoms with Crippen molar-refractivity contribution in [3.63, 3.8) is 0 Å². The normalized spacial score (nSPS) is 10.6. The van der Waals surface area contributed by atoms with Crippen LogP contribution in [0.4, 0.5) is 0 Å². The van der Waals surface area contributed by atoms with Gasteiger partial charge in [0, 0.05) is 22.8 Å². The number of nitrogens with zero attached hydrogens (tertiary/aromatic N) is 2. The summed E-state index contributed by atoms with van der Waals surface area (Å²) in [5, 5.41) is 1.85. The molecule has 0 aromatic carbocycles. The number of fused-ring (bicyclic) bond motifs is 1. The highest BCUT2D eigenvalue weighted by molar-refractivity contribution is 7.15. The second kappa shape index (κ2) is 4.05. The third-order valence-electron chi connectivity index (χ3n) is 2.25. The number of esters is 1. The second-order valence-electron chi connectivity index (χ2n) is 3.34. The topological polar surface area (TPSA) is 60.7 Å². The highest BCUT2D eigenvalue weighted by atomic mass is 32.1. The summed E-state index contributed by atoms with van der Waals surface area (Å²) in [5.41, 5.74) is 0.976. The number of carbonyl (C=O) groups excluding carboxylic acids is 1. The standard InChI is InChI=1S/C10H10N2O3S/c1-6-5-16-10-11-4-7(3-8(13)15-2)9(14)12(6)10/h4-5H,3H2,1-2H3. The molecule has 0 saturated heterocycles. The fourth-order valence-electron chi connectivity index (χ4n) is 1.41. The number of hydrogen-bond donors (Lipinski definition) is 0. The van der Waals surface area contributed by atoms with Crippen molar-refractivity contribution in [2.75, 3.05) is 7.11 Å². The zero-order valence-electron chi connectivity index (χ0n) is 8.89. The fraction of sp³-hybridized carbons (Fsp3) is 0.300. The van der Waals surface area contributed by atoms with Gasteiger partial charge >= 0.3 is 5.97 Å². The minimum absolute atomic E-state index is 0.0411. The maximum atomic E-state index is 12.0. The van der Waals surface area contributed by atoms with Gasteiger partial charge in [0.1, 0.15) is 0 Å². The largest absolute Gasteiger partial charge is 0.469 e. The molecule has 0 aliphatic rings. The van der Waals surface area contributed by atoms with E-state index < -0.39 is 5.97 Å². The van der Waals surface area contributed by atoms with E-state index >= 15 is 0 Å². The Balaban J connectivity index is 2.56. The third-order valence-corrected chi connectivity index (χ3v) is 3.21. The SMILES string of the molecule is COC(=O)Cc1cnc2scc(C)n2c1=O. The van der Waals surface area contributed by atoms with Crippen molar-refractivity contribution >= 4 is 22.3 Å². The van der Waals surface area contributed by atoms with Gasteiger partial charge < -0.3 is 4.74 Å². The minimum Gasteiger partial charge on any atom is -0.469 e. The van der Waals surface area contributed by atoms with E-state index in [0.717, 1.165) is 5.69 Å². The molecule has 0 saturated carbocycles. The first-order chi connectivity index (χ1) is 7.63. The predicted octanol–water partition coefficient (Wildman–Crippen LogP) is 0.780. The Labute approximate surface area is 95.3 Å².